The summed E-state index contributed by atoms with van der Waals surface area (Å²) in [5.41, 5.74) is 8.35. The van der Waals surface area contributed by atoms with Crippen molar-refractivity contribution >= 4 is 60.2 Å². The maximum absolute atomic E-state index is 2.43. The van der Waals surface area contributed by atoms with Gasteiger partial charge in [0.05, 0.1) is 5.69 Å². The number of anilines is 3. The molecule has 0 spiro atoms. The molecule has 0 atom stereocenters. The summed E-state index contributed by atoms with van der Waals surface area (Å²) in [6.45, 7) is 0. The maximum atomic E-state index is 2.43. The van der Waals surface area contributed by atoms with Gasteiger partial charge >= 0.3 is 0 Å². The third kappa shape index (κ3) is 4.64. The number of nitrogens with zero attached hydrogens (tertiary/aromatic N) is 1. The van der Waals surface area contributed by atoms with Crippen LogP contribution < -0.4 is 4.90 Å². The van der Waals surface area contributed by atoms with Crippen LogP contribution in [-0.2, 0) is 0 Å². The van der Waals surface area contributed by atoms with E-state index in [0.29, 0.717) is 0 Å². The molecule has 9 aromatic rings. The van der Waals surface area contributed by atoms with Crippen LogP contribution >= 0.6 is 0 Å². The molecule has 9 aromatic carbocycles. The van der Waals surface area contributed by atoms with Crippen LogP contribution in [0.3, 0.4) is 0 Å². The predicted molar refractivity (Wildman–Crippen MR) is 202 cm³/mol. The lowest BCUT2D eigenvalue weighted by atomic mass is 9.85. The number of rotatable bonds is 5. The highest BCUT2D eigenvalue weighted by molar-refractivity contribution is 6.22. The quantitative estimate of drug-likeness (QED) is 0.178. The number of benzene rings is 9. The fraction of sp³-hybridized carbons (Fsp3) is 0. The van der Waals surface area contributed by atoms with Crippen LogP contribution in [0.4, 0.5) is 17.1 Å². The molecule has 0 N–H and O–H groups in total. The van der Waals surface area contributed by atoms with Crippen LogP contribution in [0.5, 0.6) is 0 Å². The molecule has 1 nitrogen and oxygen atoms in total. The van der Waals surface area contributed by atoms with E-state index in [-0.39, 0.29) is 0 Å². The lowest BCUT2D eigenvalue weighted by molar-refractivity contribution is 1.31. The van der Waals surface area contributed by atoms with E-state index >= 15 is 0 Å². The summed E-state index contributed by atoms with van der Waals surface area (Å²) >= 11 is 0. The van der Waals surface area contributed by atoms with Gasteiger partial charge in [-0.05, 0) is 90.3 Å². The summed E-state index contributed by atoms with van der Waals surface area (Å²) in [4.78, 5) is 2.43. The van der Waals surface area contributed by atoms with Crippen molar-refractivity contribution in [2.45, 2.75) is 0 Å². The normalized spacial score (nSPS) is 11.4. The van der Waals surface area contributed by atoms with E-state index in [0.717, 1.165) is 17.1 Å². The monoisotopic (exact) mass is 597 g/mol. The zero-order valence-electron chi connectivity index (χ0n) is 25.8. The lowest BCUT2D eigenvalue weighted by Crippen LogP contribution is -2.10. The zero-order chi connectivity index (χ0) is 31.2. The molecular formula is C46H31N. The van der Waals surface area contributed by atoms with E-state index in [1.165, 1.54) is 65.3 Å². The highest BCUT2D eigenvalue weighted by Crippen LogP contribution is 2.47. The molecule has 0 bridgehead atoms. The molecule has 0 aliphatic heterocycles. The standard InChI is InChI=1S/C46H31N/c1-3-16-34(17-4-1)45-42-24-12-11-23-40(42)41-29-28-38(31-43(41)46(45)35-18-5-2-6-19-35)47(37-27-26-32-14-7-8-20-36(32)30-37)44-25-13-21-33-15-9-10-22-39(33)44/h1-31H. The number of hydrogen-bond acceptors (Lipinski definition) is 1. The lowest BCUT2D eigenvalue weighted by Gasteiger charge is -2.28. The first-order valence-corrected chi connectivity index (χ1v) is 16.2. The smallest absolute Gasteiger partial charge is 0.0540 e. The molecule has 0 saturated heterocycles. The summed E-state index contributed by atoms with van der Waals surface area (Å²) in [5, 5.41) is 9.90. The van der Waals surface area contributed by atoms with Crippen molar-refractivity contribution < 1.29 is 0 Å². The van der Waals surface area contributed by atoms with Gasteiger partial charge in [-0.3, -0.25) is 0 Å². The van der Waals surface area contributed by atoms with Gasteiger partial charge in [-0.2, -0.15) is 0 Å². The van der Waals surface area contributed by atoms with Crippen molar-refractivity contribution in [3.63, 3.8) is 0 Å². The second-order valence-electron chi connectivity index (χ2n) is 12.1. The molecule has 1 heteroatoms. The van der Waals surface area contributed by atoms with Crippen molar-refractivity contribution in [2.75, 3.05) is 4.90 Å². The Morgan fingerprint density at radius 2 is 0.787 bits per heavy atom. The van der Waals surface area contributed by atoms with Crippen LogP contribution in [0.1, 0.15) is 0 Å². The third-order valence-corrected chi connectivity index (χ3v) is 9.39. The molecule has 0 amide bonds. The second kappa shape index (κ2) is 11.3. The Hall–Kier alpha value is -6.18. The van der Waals surface area contributed by atoms with E-state index in [1.807, 2.05) is 0 Å². The summed E-state index contributed by atoms with van der Waals surface area (Å²) in [5.74, 6) is 0. The van der Waals surface area contributed by atoms with Crippen molar-refractivity contribution in [3.05, 3.63) is 188 Å². The molecule has 220 valence electrons. The fourth-order valence-corrected chi connectivity index (χ4v) is 7.27. The van der Waals surface area contributed by atoms with Gasteiger partial charge in [0.2, 0.25) is 0 Å². The second-order valence-corrected chi connectivity index (χ2v) is 12.1. The largest absolute Gasteiger partial charge is 0.310 e. The molecule has 9 rings (SSSR count). The summed E-state index contributed by atoms with van der Waals surface area (Å²) in [6.07, 6.45) is 0. The average molecular weight is 598 g/mol. The van der Waals surface area contributed by atoms with Gasteiger partial charge in [-0.25, -0.2) is 0 Å². The Morgan fingerprint density at radius 1 is 0.277 bits per heavy atom. The molecule has 0 fully saturated rings. The molecular weight excluding hydrogens is 567 g/mol. The highest BCUT2D eigenvalue weighted by Gasteiger charge is 2.21. The minimum atomic E-state index is 1.12. The molecule has 47 heavy (non-hydrogen) atoms. The van der Waals surface area contributed by atoms with Crippen LogP contribution in [0.15, 0.2) is 188 Å². The number of fused-ring (bicyclic) bond motifs is 5. The zero-order valence-corrected chi connectivity index (χ0v) is 25.8. The topological polar surface area (TPSA) is 3.24 Å². The average Bonchev–Trinajstić information content (AvgIpc) is 3.15. The van der Waals surface area contributed by atoms with Crippen LogP contribution in [0.2, 0.25) is 0 Å². The first kappa shape index (κ1) is 27.2. The van der Waals surface area contributed by atoms with Crippen LogP contribution in [-0.4, -0.2) is 0 Å². The van der Waals surface area contributed by atoms with E-state index < -0.39 is 0 Å². The number of hydrogen-bond donors (Lipinski definition) is 0. The van der Waals surface area contributed by atoms with Gasteiger partial charge in [0.15, 0.2) is 0 Å². The van der Waals surface area contributed by atoms with Gasteiger partial charge < -0.3 is 4.90 Å². The van der Waals surface area contributed by atoms with Crippen molar-refractivity contribution in [2.24, 2.45) is 0 Å². The SMILES string of the molecule is c1ccc(-c2c(-c3ccccc3)c3cc(N(c4ccc5ccccc5c4)c4cccc5ccccc45)ccc3c3ccccc23)cc1. The molecule has 0 unspecified atom stereocenters. The minimum Gasteiger partial charge on any atom is -0.310 e. The van der Waals surface area contributed by atoms with Crippen molar-refractivity contribution in [1.29, 1.82) is 0 Å². The summed E-state index contributed by atoms with van der Waals surface area (Å²) in [6, 6.07) is 68.3. The van der Waals surface area contributed by atoms with E-state index in [9.17, 15) is 0 Å². The summed E-state index contributed by atoms with van der Waals surface area (Å²) < 4.78 is 0. The van der Waals surface area contributed by atoms with Crippen molar-refractivity contribution in [3.8, 4) is 22.3 Å². The Kier molecular flexibility index (Phi) is 6.54. The van der Waals surface area contributed by atoms with Gasteiger partial charge in [-0.15, -0.1) is 0 Å². The molecule has 0 heterocycles. The predicted octanol–water partition coefficient (Wildman–Crippen LogP) is 13.1. The van der Waals surface area contributed by atoms with E-state index in [2.05, 4.69) is 193 Å². The first-order chi connectivity index (χ1) is 23.3. The molecule has 0 saturated carbocycles. The Labute approximate surface area is 274 Å². The van der Waals surface area contributed by atoms with Crippen LogP contribution in [0.25, 0.3) is 65.3 Å². The van der Waals surface area contributed by atoms with Crippen molar-refractivity contribution in [1.82, 2.24) is 0 Å². The molecule has 0 aliphatic rings. The molecule has 0 aliphatic carbocycles. The van der Waals surface area contributed by atoms with Gasteiger partial charge in [-0.1, -0.05) is 158 Å². The molecule has 0 aromatic heterocycles. The van der Waals surface area contributed by atoms with E-state index in [1.54, 1.807) is 0 Å². The third-order valence-electron chi connectivity index (χ3n) is 9.39. The van der Waals surface area contributed by atoms with Gasteiger partial charge in [0.1, 0.15) is 0 Å². The Bertz CT molecular complexity index is 2560. The van der Waals surface area contributed by atoms with Gasteiger partial charge in [0.25, 0.3) is 0 Å². The van der Waals surface area contributed by atoms with Gasteiger partial charge in [0, 0.05) is 16.8 Å². The highest BCUT2D eigenvalue weighted by atomic mass is 15.1. The first-order valence-electron chi connectivity index (χ1n) is 16.2. The Morgan fingerprint density at radius 3 is 1.53 bits per heavy atom. The molecule has 0 radical (unpaired) electrons. The summed E-state index contributed by atoms with van der Waals surface area (Å²) in [7, 11) is 0. The minimum absolute atomic E-state index is 1.12. The Balaban J connectivity index is 1.40. The maximum Gasteiger partial charge on any atom is 0.0540 e. The van der Waals surface area contributed by atoms with E-state index in [4.69, 9.17) is 0 Å². The van der Waals surface area contributed by atoms with Crippen LogP contribution in [0, 0.1) is 0 Å². The fourth-order valence-electron chi connectivity index (χ4n) is 7.27.